The molecule has 0 radical (unpaired) electrons. The Hall–Kier alpha value is -0.330. The molecule has 4 nitrogen and oxygen atoms in total. The van der Waals surface area contributed by atoms with Crippen LogP contribution in [0.1, 0.15) is 12.7 Å². The summed E-state index contributed by atoms with van der Waals surface area (Å²) in [7, 11) is 0. The largest absolute Gasteiger partial charge is 0.465 e. The fourth-order valence-electron chi connectivity index (χ4n) is 0.978. The van der Waals surface area contributed by atoms with Crippen molar-refractivity contribution in [2.24, 2.45) is 0 Å². The van der Waals surface area contributed by atoms with E-state index >= 15 is 0 Å². The van der Waals surface area contributed by atoms with Crippen molar-refractivity contribution >= 4 is 37.8 Å². The summed E-state index contributed by atoms with van der Waals surface area (Å²) in [5.74, 6) is 0.486. The zero-order chi connectivity index (χ0) is 11.3. The summed E-state index contributed by atoms with van der Waals surface area (Å²) < 4.78 is 11.6. The van der Waals surface area contributed by atoms with Crippen molar-refractivity contribution in [2.45, 2.75) is 13.5 Å². The van der Waals surface area contributed by atoms with Gasteiger partial charge >= 0.3 is 5.97 Å². The molecular formula is C9H11Br2NO3. The topological polar surface area (TPSA) is 51.5 Å². The van der Waals surface area contributed by atoms with E-state index in [-0.39, 0.29) is 12.5 Å². The van der Waals surface area contributed by atoms with Crippen LogP contribution in [0.5, 0.6) is 0 Å². The first kappa shape index (κ1) is 12.7. The number of ether oxygens (including phenoxy) is 1. The lowest BCUT2D eigenvalue weighted by Crippen LogP contribution is -2.24. The lowest BCUT2D eigenvalue weighted by molar-refractivity contribution is -0.142. The van der Waals surface area contributed by atoms with Gasteiger partial charge in [-0.15, -0.1) is 0 Å². The van der Waals surface area contributed by atoms with E-state index in [1.807, 2.05) is 6.07 Å². The van der Waals surface area contributed by atoms with Crippen molar-refractivity contribution in [3.63, 3.8) is 0 Å². The van der Waals surface area contributed by atoms with Gasteiger partial charge in [0.05, 0.1) is 24.2 Å². The van der Waals surface area contributed by atoms with Crippen molar-refractivity contribution < 1.29 is 13.9 Å². The smallest absolute Gasteiger partial charge is 0.319 e. The van der Waals surface area contributed by atoms with Gasteiger partial charge in [-0.2, -0.15) is 0 Å². The van der Waals surface area contributed by atoms with E-state index in [9.17, 15) is 4.79 Å². The molecule has 6 heteroatoms. The summed E-state index contributed by atoms with van der Waals surface area (Å²) in [4.78, 5) is 11.0. The van der Waals surface area contributed by atoms with Gasteiger partial charge in [0, 0.05) is 0 Å². The van der Waals surface area contributed by atoms with Crippen molar-refractivity contribution in [3.05, 3.63) is 21.0 Å². The lowest BCUT2D eigenvalue weighted by Gasteiger charge is -2.02. The van der Waals surface area contributed by atoms with Gasteiger partial charge in [-0.3, -0.25) is 10.1 Å². The average Bonchev–Trinajstić information content (AvgIpc) is 2.46. The van der Waals surface area contributed by atoms with E-state index in [1.165, 1.54) is 0 Å². The maximum Gasteiger partial charge on any atom is 0.319 e. The molecule has 0 aromatic carbocycles. The summed E-state index contributed by atoms with van der Waals surface area (Å²) in [6, 6.07) is 1.84. The average molecular weight is 341 g/mol. The second-order valence-electron chi connectivity index (χ2n) is 2.74. The number of rotatable bonds is 5. The minimum Gasteiger partial charge on any atom is -0.465 e. The van der Waals surface area contributed by atoms with Crippen molar-refractivity contribution in [1.29, 1.82) is 0 Å². The first-order valence-electron chi connectivity index (χ1n) is 4.43. The Morgan fingerprint density at radius 3 is 2.87 bits per heavy atom. The second kappa shape index (κ2) is 6.30. The minimum absolute atomic E-state index is 0.184. The van der Waals surface area contributed by atoms with Gasteiger partial charge in [-0.1, -0.05) is 0 Å². The number of furan rings is 1. The molecule has 0 bridgehead atoms. The molecule has 0 spiro atoms. The molecule has 84 valence electrons. The summed E-state index contributed by atoms with van der Waals surface area (Å²) in [5.41, 5.74) is 0. The highest BCUT2D eigenvalue weighted by atomic mass is 79.9. The molecule has 0 amide bonds. The molecule has 0 aliphatic heterocycles. The van der Waals surface area contributed by atoms with Crippen molar-refractivity contribution in [2.75, 3.05) is 13.2 Å². The lowest BCUT2D eigenvalue weighted by atomic mass is 10.4. The zero-order valence-corrected chi connectivity index (χ0v) is 11.4. The highest BCUT2D eigenvalue weighted by Crippen LogP contribution is 2.26. The fourth-order valence-corrected chi connectivity index (χ4v) is 1.64. The van der Waals surface area contributed by atoms with Crippen LogP contribution in [0.4, 0.5) is 0 Å². The normalized spacial score (nSPS) is 10.3. The quantitative estimate of drug-likeness (QED) is 0.836. The maximum absolute atomic E-state index is 11.0. The molecule has 1 aromatic heterocycles. The van der Waals surface area contributed by atoms with Gasteiger partial charge < -0.3 is 9.15 Å². The Bertz CT molecular complexity index is 319. The van der Waals surface area contributed by atoms with E-state index in [4.69, 9.17) is 9.15 Å². The van der Waals surface area contributed by atoms with Gasteiger partial charge in [-0.05, 0) is 44.8 Å². The van der Waals surface area contributed by atoms with Crippen LogP contribution < -0.4 is 5.32 Å². The number of hydrogen-bond donors (Lipinski definition) is 1. The van der Waals surface area contributed by atoms with Gasteiger partial charge in [-0.25, -0.2) is 0 Å². The summed E-state index contributed by atoms with van der Waals surface area (Å²) in [6.45, 7) is 2.85. The van der Waals surface area contributed by atoms with Crippen LogP contribution in [0.25, 0.3) is 0 Å². The Morgan fingerprint density at radius 1 is 1.60 bits per heavy atom. The van der Waals surface area contributed by atoms with Crippen LogP contribution in [0.3, 0.4) is 0 Å². The first-order valence-corrected chi connectivity index (χ1v) is 6.02. The third-order valence-corrected chi connectivity index (χ3v) is 3.28. The molecular weight excluding hydrogens is 330 g/mol. The molecule has 1 heterocycles. The maximum atomic E-state index is 11.0. The van der Waals surface area contributed by atoms with E-state index in [0.717, 1.165) is 10.2 Å². The molecule has 0 aliphatic carbocycles. The second-order valence-corrected chi connectivity index (χ2v) is 4.32. The Labute approximate surface area is 105 Å². The molecule has 1 aromatic rings. The molecule has 15 heavy (non-hydrogen) atoms. The van der Waals surface area contributed by atoms with E-state index < -0.39 is 0 Å². The molecule has 1 rings (SSSR count). The Kier molecular flexibility index (Phi) is 5.35. The van der Waals surface area contributed by atoms with Crippen molar-refractivity contribution in [1.82, 2.24) is 5.32 Å². The number of nitrogens with one attached hydrogen (secondary N) is 1. The number of halogens is 2. The number of hydrogen-bond acceptors (Lipinski definition) is 4. The monoisotopic (exact) mass is 339 g/mol. The predicted molar refractivity (Wildman–Crippen MR) is 62.4 cm³/mol. The van der Waals surface area contributed by atoms with Crippen LogP contribution in [0, 0.1) is 0 Å². The van der Waals surface area contributed by atoms with Crippen LogP contribution >= 0.6 is 31.9 Å². The van der Waals surface area contributed by atoms with Gasteiger partial charge in [0.15, 0.2) is 4.67 Å². The minimum atomic E-state index is -0.262. The van der Waals surface area contributed by atoms with Gasteiger partial charge in [0.1, 0.15) is 5.76 Å². The predicted octanol–water partition coefficient (Wildman–Crippen LogP) is 2.46. The zero-order valence-electron chi connectivity index (χ0n) is 8.18. The van der Waals surface area contributed by atoms with Gasteiger partial charge in [0.25, 0.3) is 0 Å². The fraction of sp³-hybridized carbons (Fsp3) is 0.444. The SMILES string of the molecule is CCOC(=O)CNCc1cc(Br)c(Br)o1. The molecule has 1 N–H and O–H groups in total. The Balaban J connectivity index is 2.28. The number of esters is 1. The summed E-state index contributed by atoms with van der Waals surface area (Å²) in [5, 5.41) is 2.92. The van der Waals surface area contributed by atoms with E-state index in [1.54, 1.807) is 6.92 Å². The van der Waals surface area contributed by atoms with E-state index in [0.29, 0.717) is 17.8 Å². The molecule has 0 unspecified atom stereocenters. The summed E-state index contributed by atoms with van der Waals surface area (Å²) in [6.07, 6.45) is 0. The third kappa shape index (κ3) is 4.36. The summed E-state index contributed by atoms with van der Waals surface area (Å²) >= 11 is 6.53. The third-order valence-electron chi connectivity index (χ3n) is 1.57. The number of carbonyl (C=O) groups is 1. The molecule has 0 saturated heterocycles. The van der Waals surface area contributed by atoms with Gasteiger partial charge in [0.2, 0.25) is 0 Å². The molecule has 0 fully saturated rings. The molecule has 0 aliphatic rings. The van der Waals surface area contributed by atoms with Crippen LogP contribution in [0.15, 0.2) is 19.6 Å². The van der Waals surface area contributed by atoms with Crippen LogP contribution in [0.2, 0.25) is 0 Å². The highest BCUT2D eigenvalue weighted by Gasteiger charge is 2.06. The van der Waals surface area contributed by atoms with Crippen LogP contribution in [-0.4, -0.2) is 19.1 Å². The first-order chi connectivity index (χ1) is 7.13. The van der Waals surface area contributed by atoms with E-state index in [2.05, 4.69) is 37.2 Å². The van der Waals surface area contributed by atoms with Crippen LogP contribution in [-0.2, 0) is 16.1 Å². The Morgan fingerprint density at radius 2 is 2.33 bits per heavy atom. The highest BCUT2D eigenvalue weighted by molar-refractivity contribution is 9.13. The number of carbonyl (C=O) groups excluding carboxylic acids is 1. The standard InChI is InChI=1S/C9H11Br2NO3/c1-2-14-8(13)5-12-4-6-3-7(10)9(11)15-6/h3,12H,2,4-5H2,1H3. The van der Waals surface area contributed by atoms with Crippen molar-refractivity contribution in [3.8, 4) is 0 Å². The molecule has 0 saturated carbocycles. The molecule has 0 atom stereocenters.